The van der Waals surface area contributed by atoms with Crippen LogP contribution in [-0.4, -0.2) is 82.9 Å². The van der Waals surface area contributed by atoms with Crippen molar-refractivity contribution in [1.29, 1.82) is 0 Å². The van der Waals surface area contributed by atoms with Crippen LogP contribution in [0, 0.1) is 21.7 Å². The maximum Gasteiger partial charge on any atom is 1.00 e. The Labute approximate surface area is 466 Å². The molecule has 0 bridgehead atoms. The molecule has 0 aliphatic carbocycles. The summed E-state index contributed by atoms with van der Waals surface area (Å²) in [5, 5.41) is 29.4. The zero-order chi connectivity index (χ0) is 51.9. The number of nitrogen functional groups attached to an aromatic ring is 2. The average Bonchev–Trinajstić information content (AvgIpc) is 4.27. The number of halogens is 4. The number of aromatic amines is 1. The zero-order valence-electron chi connectivity index (χ0n) is 39.9. The number of rotatable bonds is 12. The van der Waals surface area contributed by atoms with E-state index in [-0.39, 0.29) is 66.2 Å². The number of H-pyrrole nitrogens is 1. The normalized spacial score (nSPS) is 15.0. The predicted octanol–water partition coefficient (Wildman–Crippen LogP) is 6.77. The van der Waals surface area contributed by atoms with Gasteiger partial charge < -0.3 is 40.9 Å². The summed E-state index contributed by atoms with van der Waals surface area (Å²) in [5.74, 6) is -0.867. The average molecular weight is 1150 g/mol. The second kappa shape index (κ2) is 24.4. The van der Waals surface area contributed by atoms with Crippen LogP contribution in [0.1, 0.15) is 34.7 Å². The van der Waals surface area contributed by atoms with Crippen LogP contribution in [0.5, 0.6) is 0 Å². The molecular weight excluding hydrogens is 1110 g/mol. The monoisotopic (exact) mass is 1150 g/mol. The quantitative estimate of drug-likeness (QED) is 0.0497. The third-order valence-electron chi connectivity index (χ3n) is 12.2. The molecule has 23 heteroatoms. The summed E-state index contributed by atoms with van der Waals surface area (Å²) < 4.78 is 44.6. The van der Waals surface area contributed by atoms with Gasteiger partial charge in [0.05, 0.1) is 22.7 Å². The Morgan fingerprint density at radius 3 is 1.49 bits per heavy atom. The van der Waals surface area contributed by atoms with Crippen molar-refractivity contribution in [2.75, 3.05) is 37.8 Å². The van der Waals surface area contributed by atoms with Crippen molar-refractivity contribution in [3.05, 3.63) is 199 Å². The van der Waals surface area contributed by atoms with Gasteiger partial charge in [-0.15, -0.1) is 5.34 Å². The van der Waals surface area contributed by atoms with Crippen LogP contribution in [0.4, 0.5) is 20.2 Å². The number of hydrogen-bond acceptors (Lipinski definition) is 13. The number of aromatic nitrogens is 7. The Hall–Kier alpha value is -7.18. The van der Waals surface area contributed by atoms with E-state index >= 15 is 0 Å². The number of carbonyl (C=O) groups excluding carboxylic acids is 2. The first-order valence-electron chi connectivity index (χ1n) is 22.8. The molecule has 2 atom stereocenters. The standard InChI is InChI=1S/C26H20BrFN6O2.C26H23BrFN5O2.HNO2.Na/c27-18-4-8-20(9-5-18)34-14-21(25(31-34)17-2-6-19(28)7-3-17)26-33(24(35)15-36-26)12-11-16-1-10-22-23(13-16)30-32-29-22;27-18-4-8-20(9-5-18)33-14-21(25(31-33)17-2-6-19(28)7-3-17)26-32(24(34)15-35-26)12-11-16-1-10-22(29)23(30)13-16;2-1-3;/h1-10,13-14,26H,11-12,15H2,(H,29,30,32);1-10,13-14,26H,11-12,15,29-30H2;(H,2,3);/q;;;+1/p-1. The van der Waals surface area contributed by atoms with Gasteiger partial charge in [-0.1, -0.05) is 44.0 Å². The molecule has 9 aromatic rings. The van der Waals surface area contributed by atoms with Gasteiger partial charge in [-0.3, -0.25) is 9.59 Å². The van der Waals surface area contributed by atoms with Crippen LogP contribution in [0.25, 0.3) is 44.9 Å². The summed E-state index contributed by atoms with van der Waals surface area (Å²) in [6, 6.07) is 39.1. The number of hydrogen-bond donors (Lipinski definition) is 3. The molecule has 3 aromatic heterocycles. The fourth-order valence-electron chi connectivity index (χ4n) is 8.48. The van der Waals surface area contributed by atoms with Crippen molar-refractivity contribution in [2.24, 2.45) is 5.34 Å². The summed E-state index contributed by atoms with van der Waals surface area (Å²) in [6.45, 7) is 0.846. The number of nitrogens with one attached hydrogen (secondary N) is 1. The van der Waals surface area contributed by atoms with Crippen LogP contribution >= 0.6 is 31.9 Å². The minimum atomic E-state index is -0.627. The molecule has 18 nitrogen and oxygen atoms in total. The third kappa shape index (κ3) is 12.7. The topological polar surface area (TPSA) is 241 Å². The fourth-order valence-corrected chi connectivity index (χ4v) is 9.01. The minimum absolute atomic E-state index is 0. The van der Waals surface area contributed by atoms with Crippen LogP contribution in [0.2, 0.25) is 0 Å². The summed E-state index contributed by atoms with van der Waals surface area (Å²) in [6.07, 6.45) is 3.71. The SMILES string of the molecule is Nc1ccc(CCN2C(=O)COC2c2cn(-c3ccc(Br)cc3)nc2-c2ccc(F)cc2)cc1N.O=C1COC(c2cn(-c3ccc(Br)cc3)nc2-c2ccc(F)cc2)N1CCc1ccc2n[nH]nc2c1.O=N[O-].[Na+]. The van der Waals surface area contributed by atoms with Crippen molar-refractivity contribution in [2.45, 2.75) is 25.3 Å². The van der Waals surface area contributed by atoms with Gasteiger partial charge in [0.25, 0.3) is 11.8 Å². The molecule has 0 saturated carbocycles. The molecule has 2 fully saturated rings. The summed E-state index contributed by atoms with van der Waals surface area (Å²) in [4.78, 5) is 37.1. The van der Waals surface area contributed by atoms with E-state index in [0.717, 1.165) is 70.1 Å². The van der Waals surface area contributed by atoms with Gasteiger partial charge in [0, 0.05) is 56.7 Å². The Morgan fingerprint density at radius 1 is 0.613 bits per heavy atom. The first-order chi connectivity index (χ1) is 35.8. The number of amides is 2. The number of carbonyl (C=O) groups is 2. The molecule has 5 N–H and O–H groups in total. The molecule has 0 spiro atoms. The Morgan fingerprint density at radius 2 is 1.04 bits per heavy atom. The van der Waals surface area contributed by atoms with E-state index in [9.17, 15) is 18.4 Å². The van der Waals surface area contributed by atoms with E-state index in [1.165, 1.54) is 24.3 Å². The third-order valence-corrected chi connectivity index (χ3v) is 13.2. The number of nitrogens with two attached hydrogens (primary N) is 2. The van der Waals surface area contributed by atoms with Crippen molar-refractivity contribution in [3.63, 3.8) is 0 Å². The summed E-state index contributed by atoms with van der Waals surface area (Å²) in [7, 11) is 0. The number of benzene rings is 6. The maximum atomic E-state index is 13.6. The van der Waals surface area contributed by atoms with Crippen LogP contribution in [-0.2, 0) is 31.9 Å². The molecule has 2 amide bonds. The molecule has 75 heavy (non-hydrogen) atoms. The zero-order valence-corrected chi connectivity index (χ0v) is 45.1. The Balaban J connectivity index is 0.000000187. The van der Waals surface area contributed by atoms with E-state index in [4.69, 9.17) is 41.3 Å². The molecule has 2 aliphatic heterocycles. The fraction of sp³-hybridized carbons (Fsp3) is 0.154. The van der Waals surface area contributed by atoms with E-state index in [1.54, 1.807) is 49.5 Å². The number of ether oxygens (including phenoxy) is 2. The van der Waals surface area contributed by atoms with Crippen molar-refractivity contribution in [3.8, 4) is 33.9 Å². The van der Waals surface area contributed by atoms with Gasteiger partial charge in [-0.2, -0.15) is 25.6 Å². The molecular formula is C52H43Br2F2N12NaO6. The van der Waals surface area contributed by atoms with Gasteiger partial charge in [0.2, 0.25) is 0 Å². The Kier molecular flexibility index (Phi) is 17.6. The summed E-state index contributed by atoms with van der Waals surface area (Å²) >= 11 is 6.91. The number of nitrogens with zero attached hydrogens (tertiary/aromatic N) is 9. The second-order valence-electron chi connectivity index (χ2n) is 16.9. The van der Waals surface area contributed by atoms with Crippen LogP contribution in [0.15, 0.2) is 160 Å². The van der Waals surface area contributed by atoms with E-state index in [0.29, 0.717) is 48.7 Å². The maximum absolute atomic E-state index is 13.6. The van der Waals surface area contributed by atoms with Gasteiger partial charge in [0.15, 0.2) is 12.5 Å². The molecule has 2 unspecified atom stereocenters. The van der Waals surface area contributed by atoms with Gasteiger partial charge in [-0.25, -0.2) is 18.1 Å². The molecule has 5 heterocycles. The molecule has 11 rings (SSSR count). The molecule has 376 valence electrons. The van der Waals surface area contributed by atoms with Crippen molar-refractivity contribution < 1.29 is 57.4 Å². The van der Waals surface area contributed by atoms with Gasteiger partial charge in [0.1, 0.15) is 47.3 Å². The molecule has 0 radical (unpaired) electrons. The van der Waals surface area contributed by atoms with Crippen molar-refractivity contribution >= 4 is 66.1 Å². The number of fused-ring (bicyclic) bond motifs is 1. The van der Waals surface area contributed by atoms with E-state index in [1.807, 2.05) is 91.3 Å². The first-order valence-corrected chi connectivity index (χ1v) is 24.4. The largest absolute Gasteiger partial charge is 1.00 e. The molecule has 2 saturated heterocycles. The van der Waals surface area contributed by atoms with Gasteiger partial charge in [-0.05, 0) is 145 Å². The van der Waals surface area contributed by atoms with Gasteiger partial charge >= 0.3 is 29.6 Å². The second-order valence-corrected chi connectivity index (χ2v) is 18.7. The molecule has 6 aromatic carbocycles. The number of anilines is 2. The predicted molar refractivity (Wildman–Crippen MR) is 280 cm³/mol. The smallest absolute Gasteiger partial charge is 0.444 e. The van der Waals surface area contributed by atoms with E-state index in [2.05, 4.69) is 47.3 Å². The summed E-state index contributed by atoms with van der Waals surface area (Å²) in [5.41, 5.74) is 22.3. The first kappa shape index (κ1) is 54.1. The van der Waals surface area contributed by atoms with Crippen LogP contribution in [0.3, 0.4) is 0 Å². The van der Waals surface area contributed by atoms with Crippen molar-refractivity contribution in [1.82, 2.24) is 44.8 Å². The van der Waals surface area contributed by atoms with E-state index < -0.39 is 12.5 Å². The minimum Gasteiger partial charge on any atom is -0.444 e. The Bertz CT molecular complexity index is 3440. The van der Waals surface area contributed by atoms with Crippen LogP contribution < -0.4 is 41.0 Å². The molecule has 2 aliphatic rings.